The van der Waals surface area contributed by atoms with Crippen LogP contribution in [0.5, 0.6) is 0 Å². The summed E-state index contributed by atoms with van der Waals surface area (Å²) in [5.74, 6) is 0. The van der Waals surface area contributed by atoms with Crippen LogP contribution in [0.25, 0.3) is 0 Å². The van der Waals surface area contributed by atoms with E-state index in [1.807, 2.05) is 0 Å². The molecule has 0 amide bonds. The molecule has 0 radical (unpaired) electrons. The van der Waals surface area contributed by atoms with Crippen LogP contribution < -0.4 is 5.73 Å². The molecule has 0 spiro atoms. The van der Waals surface area contributed by atoms with Gasteiger partial charge in [0.1, 0.15) is 0 Å². The molecule has 1 fully saturated rings. The maximum atomic E-state index is 6.30. The highest BCUT2D eigenvalue weighted by Gasteiger charge is 2.33. The Morgan fingerprint density at radius 3 is 2.47 bits per heavy atom. The first-order valence-electron chi connectivity index (χ1n) is 7.58. The van der Waals surface area contributed by atoms with E-state index in [1.165, 1.54) is 51.4 Å². The summed E-state index contributed by atoms with van der Waals surface area (Å²) in [7, 11) is 0. The molecule has 2 N–H and O–H groups in total. The van der Waals surface area contributed by atoms with Crippen molar-refractivity contribution in [1.29, 1.82) is 0 Å². The zero-order valence-corrected chi connectivity index (χ0v) is 11.8. The zero-order chi connectivity index (χ0) is 12.6. The van der Waals surface area contributed by atoms with Crippen LogP contribution in [0.15, 0.2) is 0 Å². The predicted molar refractivity (Wildman–Crippen MR) is 74.2 cm³/mol. The van der Waals surface area contributed by atoms with Crippen molar-refractivity contribution in [3.05, 3.63) is 0 Å². The van der Waals surface area contributed by atoms with E-state index >= 15 is 0 Å². The van der Waals surface area contributed by atoms with Gasteiger partial charge in [-0.05, 0) is 32.6 Å². The standard InChI is InChI=1S/C15H31NO/c1-3-4-5-6-7-8-11-14(16)15(2)12-9-10-13-17-15/h14H,3-13,16H2,1-2H3. The molecule has 102 valence electrons. The number of nitrogens with two attached hydrogens (primary N) is 1. The lowest BCUT2D eigenvalue weighted by atomic mass is 9.86. The Morgan fingerprint density at radius 1 is 1.12 bits per heavy atom. The summed E-state index contributed by atoms with van der Waals surface area (Å²) < 4.78 is 5.90. The summed E-state index contributed by atoms with van der Waals surface area (Å²) in [6.45, 7) is 5.37. The molecule has 1 rings (SSSR count). The van der Waals surface area contributed by atoms with Gasteiger partial charge in [-0.3, -0.25) is 0 Å². The number of unbranched alkanes of at least 4 members (excludes halogenated alkanes) is 5. The third kappa shape index (κ3) is 5.39. The van der Waals surface area contributed by atoms with Gasteiger partial charge in [0.2, 0.25) is 0 Å². The highest BCUT2D eigenvalue weighted by molar-refractivity contribution is 4.89. The predicted octanol–water partition coefficient (Wildman–Crippen LogP) is 4.02. The average molecular weight is 241 g/mol. The van der Waals surface area contributed by atoms with E-state index in [-0.39, 0.29) is 11.6 Å². The Hall–Kier alpha value is -0.0800. The number of ether oxygens (including phenoxy) is 1. The largest absolute Gasteiger partial charge is 0.374 e. The Bertz CT molecular complexity index is 187. The fourth-order valence-electron chi connectivity index (χ4n) is 2.70. The maximum Gasteiger partial charge on any atom is 0.0804 e. The van der Waals surface area contributed by atoms with E-state index < -0.39 is 0 Å². The van der Waals surface area contributed by atoms with Crippen molar-refractivity contribution in [3.8, 4) is 0 Å². The number of rotatable bonds is 8. The van der Waals surface area contributed by atoms with Gasteiger partial charge in [0.25, 0.3) is 0 Å². The van der Waals surface area contributed by atoms with E-state index in [4.69, 9.17) is 10.5 Å². The molecular formula is C15H31NO. The van der Waals surface area contributed by atoms with Crippen LogP contribution in [0.3, 0.4) is 0 Å². The maximum absolute atomic E-state index is 6.30. The molecule has 17 heavy (non-hydrogen) atoms. The van der Waals surface area contributed by atoms with Gasteiger partial charge >= 0.3 is 0 Å². The molecule has 1 aliphatic rings. The van der Waals surface area contributed by atoms with E-state index in [2.05, 4.69) is 13.8 Å². The lowest BCUT2D eigenvalue weighted by Crippen LogP contribution is -2.49. The van der Waals surface area contributed by atoms with E-state index in [0.29, 0.717) is 0 Å². The minimum absolute atomic E-state index is 0.0400. The van der Waals surface area contributed by atoms with Crippen molar-refractivity contribution in [2.24, 2.45) is 5.73 Å². The van der Waals surface area contributed by atoms with Crippen LogP contribution in [0, 0.1) is 0 Å². The van der Waals surface area contributed by atoms with Crippen LogP contribution in [0.1, 0.15) is 78.1 Å². The molecule has 2 nitrogen and oxygen atoms in total. The minimum Gasteiger partial charge on any atom is -0.374 e. The summed E-state index contributed by atoms with van der Waals surface area (Å²) in [5.41, 5.74) is 6.26. The van der Waals surface area contributed by atoms with Gasteiger partial charge in [-0.15, -0.1) is 0 Å². The molecule has 2 heteroatoms. The molecule has 2 atom stereocenters. The van der Waals surface area contributed by atoms with Gasteiger partial charge in [0.15, 0.2) is 0 Å². The molecule has 1 aliphatic heterocycles. The molecule has 0 bridgehead atoms. The van der Waals surface area contributed by atoms with Crippen molar-refractivity contribution in [3.63, 3.8) is 0 Å². The molecular weight excluding hydrogens is 210 g/mol. The lowest BCUT2D eigenvalue weighted by Gasteiger charge is -2.38. The molecule has 1 saturated heterocycles. The Labute approximate surface area is 107 Å². The van der Waals surface area contributed by atoms with E-state index in [0.717, 1.165) is 19.4 Å². The van der Waals surface area contributed by atoms with E-state index in [1.54, 1.807) is 0 Å². The van der Waals surface area contributed by atoms with Crippen LogP contribution in [-0.2, 0) is 4.74 Å². The normalized spacial score (nSPS) is 27.0. The second-order valence-electron chi connectivity index (χ2n) is 5.78. The first kappa shape index (κ1) is 15.0. The summed E-state index contributed by atoms with van der Waals surface area (Å²) in [4.78, 5) is 0. The average Bonchev–Trinajstić information content (AvgIpc) is 2.34. The Morgan fingerprint density at radius 2 is 1.82 bits per heavy atom. The quantitative estimate of drug-likeness (QED) is 0.651. The first-order valence-corrected chi connectivity index (χ1v) is 7.58. The monoisotopic (exact) mass is 241 g/mol. The molecule has 0 aromatic heterocycles. The SMILES string of the molecule is CCCCCCCCC(N)C1(C)CCCCO1. The zero-order valence-electron chi connectivity index (χ0n) is 11.8. The summed E-state index contributed by atoms with van der Waals surface area (Å²) >= 11 is 0. The fourth-order valence-corrected chi connectivity index (χ4v) is 2.70. The lowest BCUT2D eigenvalue weighted by molar-refractivity contribution is -0.0826. The summed E-state index contributed by atoms with van der Waals surface area (Å²) in [5, 5.41) is 0. The molecule has 0 aliphatic carbocycles. The van der Waals surface area contributed by atoms with Crippen molar-refractivity contribution >= 4 is 0 Å². The third-order valence-corrected chi connectivity index (χ3v) is 4.15. The smallest absolute Gasteiger partial charge is 0.0804 e. The van der Waals surface area contributed by atoms with Crippen molar-refractivity contribution in [2.75, 3.05) is 6.61 Å². The van der Waals surface area contributed by atoms with Gasteiger partial charge in [0, 0.05) is 12.6 Å². The number of hydrogen-bond donors (Lipinski definition) is 1. The third-order valence-electron chi connectivity index (χ3n) is 4.15. The van der Waals surface area contributed by atoms with Crippen LogP contribution in [0.2, 0.25) is 0 Å². The van der Waals surface area contributed by atoms with Crippen LogP contribution in [0.4, 0.5) is 0 Å². The van der Waals surface area contributed by atoms with E-state index in [9.17, 15) is 0 Å². The molecule has 0 aromatic rings. The molecule has 1 heterocycles. The molecule has 0 aromatic carbocycles. The van der Waals surface area contributed by atoms with Gasteiger partial charge in [-0.25, -0.2) is 0 Å². The topological polar surface area (TPSA) is 35.2 Å². The van der Waals surface area contributed by atoms with Crippen molar-refractivity contribution in [2.45, 2.75) is 89.7 Å². The second-order valence-corrected chi connectivity index (χ2v) is 5.78. The van der Waals surface area contributed by atoms with Gasteiger partial charge in [-0.2, -0.15) is 0 Å². The van der Waals surface area contributed by atoms with Gasteiger partial charge in [-0.1, -0.05) is 45.4 Å². The first-order chi connectivity index (χ1) is 8.19. The molecule has 0 saturated carbocycles. The highest BCUT2D eigenvalue weighted by atomic mass is 16.5. The summed E-state index contributed by atoms with van der Waals surface area (Å²) in [6.07, 6.45) is 12.8. The fraction of sp³-hybridized carbons (Fsp3) is 1.00. The van der Waals surface area contributed by atoms with Gasteiger partial charge < -0.3 is 10.5 Å². The van der Waals surface area contributed by atoms with Gasteiger partial charge in [0.05, 0.1) is 5.60 Å². The van der Waals surface area contributed by atoms with Crippen molar-refractivity contribution < 1.29 is 4.74 Å². The highest BCUT2D eigenvalue weighted by Crippen LogP contribution is 2.29. The van der Waals surface area contributed by atoms with Crippen LogP contribution >= 0.6 is 0 Å². The summed E-state index contributed by atoms with van der Waals surface area (Å²) in [6, 6.07) is 0.231. The Kier molecular flexibility index (Phi) is 7.14. The van der Waals surface area contributed by atoms with Crippen molar-refractivity contribution in [1.82, 2.24) is 0 Å². The van der Waals surface area contributed by atoms with Crippen LogP contribution in [-0.4, -0.2) is 18.2 Å². The second kappa shape index (κ2) is 8.10. The molecule has 2 unspecified atom stereocenters. The Balaban J connectivity index is 2.09. The minimum atomic E-state index is -0.0400. The number of hydrogen-bond acceptors (Lipinski definition) is 2.